The Morgan fingerprint density at radius 3 is 2.69 bits per heavy atom. The zero-order valence-corrected chi connectivity index (χ0v) is 7.58. The molecule has 1 rings (SSSR count). The van der Waals surface area contributed by atoms with Crippen LogP contribution in [0.15, 0.2) is 4.99 Å². The van der Waals surface area contributed by atoms with Gasteiger partial charge in [0.15, 0.2) is 5.17 Å². The predicted molar refractivity (Wildman–Crippen MR) is 43.6 cm³/mol. The van der Waals surface area contributed by atoms with Gasteiger partial charge in [-0.15, -0.1) is 0 Å². The van der Waals surface area contributed by atoms with Gasteiger partial charge in [-0.1, -0.05) is 11.8 Å². The summed E-state index contributed by atoms with van der Waals surface area (Å²) >= 11 is 1.04. The van der Waals surface area contributed by atoms with Crippen LogP contribution >= 0.6 is 11.8 Å². The van der Waals surface area contributed by atoms with E-state index >= 15 is 0 Å². The van der Waals surface area contributed by atoms with Crippen LogP contribution in [0.4, 0.5) is 13.2 Å². The maximum Gasteiger partial charge on any atom is 0.471 e. The first-order chi connectivity index (χ1) is 5.96. The number of amidine groups is 1. The van der Waals surface area contributed by atoms with Gasteiger partial charge in [0, 0.05) is 6.54 Å². The largest absolute Gasteiger partial charge is 0.471 e. The molecule has 1 heterocycles. The third kappa shape index (κ3) is 2.15. The molecule has 0 atom stereocenters. The third-order valence-corrected chi connectivity index (χ3v) is 2.19. The van der Waals surface area contributed by atoms with Gasteiger partial charge >= 0.3 is 12.1 Å². The molecule has 1 aliphatic heterocycles. The predicted octanol–water partition coefficient (Wildman–Crippen LogP) is 1.11. The highest BCUT2D eigenvalue weighted by molar-refractivity contribution is 8.13. The lowest BCUT2D eigenvalue weighted by Gasteiger charge is -2.17. The number of hydrogen-bond acceptors (Lipinski definition) is 3. The molecule has 74 valence electrons. The summed E-state index contributed by atoms with van der Waals surface area (Å²) in [4.78, 5) is 15.2. The van der Waals surface area contributed by atoms with Crippen LogP contribution in [0.1, 0.15) is 0 Å². The van der Waals surface area contributed by atoms with Crippen LogP contribution in [0.25, 0.3) is 0 Å². The fourth-order valence-electron chi connectivity index (χ4n) is 0.943. The monoisotopic (exact) mass is 212 g/mol. The molecule has 0 N–H and O–H groups in total. The van der Waals surface area contributed by atoms with E-state index in [9.17, 15) is 18.0 Å². The van der Waals surface area contributed by atoms with Crippen molar-refractivity contribution in [1.82, 2.24) is 4.90 Å². The number of carbonyl (C=O) groups is 1. The van der Waals surface area contributed by atoms with Gasteiger partial charge < -0.3 is 0 Å². The van der Waals surface area contributed by atoms with Crippen molar-refractivity contribution in [2.24, 2.45) is 4.99 Å². The zero-order valence-electron chi connectivity index (χ0n) is 6.76. The average molecular weight is 212 g/mol. The minimum atomic E-state index is -4.80. The molecule has 13 heavy (non-hydrogen) atoms. The standard InChI is InChI=1S/C6H7F3N2OS/c1-13-5-10-2-3-11(5)4(12)6(7,8)9/h2-3H2,1H3. The van der Waals surface area contributed by atoms with Crippen molar-refractivity contribution < 1.29 is 18.0 Å². The molecule has 0 fully saturated rings. The van der Waals surface area contributed by atoms with E-state index in [1.807, 2.05) is 0 Å². The topological polar surface area (TPSA) is 32.7 Å². The summed E-state index contributed by atoms with van der Waals surface area (Å²) in [6, 6.07) is 0. The number of nitrogens with zero attached hydrogens (tertiary/aromatic N) is 2. The summed E-state index contributed by atoms with van der Waals surface area (Å²) in [5.74, 6) is -1.84. The summed E-state index contributed by atoms with van der Waals surface area (Å²) in [5, 5.41) is 0.141. The number of hydrogen-bond donors (Lipinski definition) is 0. The molecule has 1 amide bonds. The first-order valence-corrected chi connectivity index (χ1v) is 4.66. The highest BCUT2D eigenvalue weighted by Gasteiger charge is 2.44. The van der Waals surface area contributed by atoms with Crippen LogP contribution in [0.5, 0.6) is 0 Å². The molecule has 0 aromatic carbocycles. The summed E-state index contributed by atoms with van der Waals surface area (Å²) in [7, 11) is 0. The smallest absolute Gasteiger partial charge is 0.282 e. The lowest BCUT2D eigenvalue weighted by atomic mass is 10.5. The van der Waals surface area contributed by atoms with E-state index < -0.39 is 12.1 Å². The molecule has 0 saturated heterocycles. The number of amides is 1. The Hall–Kier alpha value is -0.720. The van der Waals surface area contributed by atoms with Crippen LogP contribution in [0.2, 0.25) is 0 Å². The fourth-order valence-corrected chi connectivity index (χ4v) is 1.56. The summed E-state index contributed by atoms with van der Waals surface area (Å²) in [5.41, 5.74) is 0. The summed E-state index contributed by atoms with van der Waals surface area (Å²) in [6.07, 6.45) is -3.22. The van der Waals surface area contributed by atoms with Gasteiger partial charge in [0.1, 0.15) is 0 Å². The average Bonchev–Trinajstić information content (AvgIpc) is 2.48. The second kappa shape index (κ2) is 3.57. The van der Waals surface area contributed by atoms with Gasteiger partial charge in [-0.2, -0.15) is 13.2 Å². The number of carbonyl (C=O) groups excluding carboxylic acids is 1. The van der Waals surface area contributed by atoms with Crippen LogP contribution in [-0.4, -0.2) is 41.5 Å². The quantitative estimate of drug-likeness (QED) is 0.602. The van der Waals surface area contributed by atoms with Gasteiger partial charge in [-0.05, 0) is 6.26 Å². The van der Waals surface area contributed by atoms with Crippen LogP contribution in [0.3, 0.4) is 0 Å². The Kier molecular flexibility index (Phi) is 2.84. The van der Waals surface area contributed by atoms with Gasteiger partial charge in [0.2, 0.25) is 0 Å². The molecule has 0 aliphatic carbocycles. The highest BCUT2D eigenvalue weighted by atomic mass is 32.2. The molecule has 0 saturated carbocycles. The van der Waals surface area contributed by atoms with Crippen LogP contribution in [0, 0.1) is 0 Å². The number of thioether (sulfide) groups is 1. The minimum Gasteiger partial charge on any atom is -0.282 e. The lowest BCUT2D eigenvalue weighted by Crippen LogP contribution is -2.42. The Labute approximate surface area is 77.0 Å². The Morgan fingerprint density at radius 1 is 1.62 bits per heavy atom. The first-order valence-electron chi connectivity index (χ1n) is 3.44. The second-order valence-electron chi connectivity index (χ2n) is 2.32. The molecule has 0 radical (unpaired) electrons. The van der Waals surface area contributed by atoms with E-state index in [0.717, 1.165) is 11.8 Å². The lowest BCUT2D eigenvalue weighted by molar-refractivity contribution is -0.180. The van der Waals surface area contributed by atoms with E-state index in [-0.39, 0.29) is 18.3 Å². The zero-order chi connectivity index (χ0) is 10.1. The summed E-state index contributed by atoms with van der Waals surface area (Å²) in [6.45, 7) is 0.270. The SMILES string of the molecule is CSC1=NCCN1C(=O)C(F)(F)F. The van der Waals surface area contributed by atoms with Gasteiger partial charge in [0.25, 0.3) is 0 Å². The van der Waals surface area contributed by atoms with Crippen molar-refractivity contribution in [3.63, 3.8) is 0 Å². The fraction of sp³-hybridized carbons (Fsp3) is 0.667. The second-order valence-corrected chi connectivity index (χ2v) is 3.10. The molecule has 0 aromatic rings. The van der Waals surface area contributed by atoms with Crippen LogP contribution in [-0.2, 0) is 4.79 Å². The van der Waals surface area contributed by atoms with Crippen molar-refractivity contribution in [3.8, 4) is 0 Å². The highest BCUT2D eigenvalue weighted by Crippen LogP contribution is 2.22. The Bertz CT molecular complexity index is 251. The van der Waals surface area contributed by atoms with E-state index in [0.29, 0.717) is 4.90 Å². The maximum atomic E-state index is 12.0. The number of halogens is 3. The van der Waals surface area contributed by atoms with Crippen molar-refractivity contribution in [2.45, 2.75) is 6.18 Å². The van der Waals surface area contributed by atoms with Crippen LogP contribution < -0.4 is 0 Å². The van der Waals surface area contributed by atoms with Gasteiger partial charge in [-0.25, -0.2) is 0 Å². The molecule has 0 aromatic heterocycles. The van der Waals surface area contributed by atoms with Crippen molar-refractivity contribution in [2.75, 3.05) is 19.3 Å². The number of rotatable bonds is 0. The molecular weight excluding hydrogens is 205 g/mol. The molecule has 0 spiro atoms. The maximum absolute atomic E-state index is 12.0. The molecule has 0 bridgehead atoms. The molecule has 7 heteroatoms. The van der Waals surface area contributed by atoms with E-state index in [4.69, 9.17) is 0 Å². The van der Waals surface area contributed by atoms with Gasteiger partial charge in [-0.3, -0.25) is 14.7 Å². The molecule has 3 nitrogen and oxygen atoms in total. The third-order valence-electron chi connectivity index (χ3n) is 1.47. The van der Waals surface area contributed by atoms with Gasteiger partial charge in [0.05, 0.1) is 6.54 Å². The van der Waals surface area contributed by atoms with Crippen molar-refractivity contribution in [3.05, 3.63) is 0 Å². The Morgan fingerprint density at radius 2 is 2.23 bits per heavy atom. The van der Waals surface area contributed by atoms with E-state index in [1.54, 1.807) is 6.26 Å². The normalized spacial score (nSPS) is 17.5. The molecule has 1 aliphatic rings. The Balaban J connectivity index is 2.74. The van der Waals surface area contributed by atoms with E-state index in [1.165, 1.54) is 0 Å². The summed E-state index contributed by atoms with van der Waals surface area (Å²) < 4.78 is 35.9. The first kappa shape index (κ1) is 10.4. The van der Waals surface area contributed by atoms with E-state index in [2.05, 4.69) is 4.99 Å². The molecule has 0 unspecified atom stereocenters. The number of alkyl halides is 3. The minimum absolute atomic E-state index is 0.0223. The number of aliphatic imine (C=N–C) groups is 1. The molecular formula is C6H7F3N2OS. The van der Waals surface area contributed by atoms with Crippen molar-refractivity contribution in [1.29, 1.82) is 0 Å². The van der Waals surface area contributed by atoms with Crippen molar-refractivity contribution >= 4 is 22.8 Å².